The third kappa shape index (κ3) is 3.82. The molecule has 0 radical (unpaired) electrons. The molecule has 9 aromatic rings. The lowest BCUT2D eigenvalue weighted by Gasteiger charge is -2.22. The highest BCUT2D eigenvalue weighted by molar-refractivity contribution is 6.27. The summed E-state index contributed by atoms with van der Waals surface area (Å²) in [6.45, 7) is 4.74. The van der Waals surface area contributed by atoms with Gasteiger partial charge in [-0.2, -0.15) is 0 Å². The molecule has 47 heavy (non-hydrogen) atoms. The van der Waals surface area contributed by atoms with Crippen molar-refractivity contribution >= 4 is 43.1 Å². The fraction of sp³-hybridized carbons (Fsp3) is 0.0638. The maximum Gasteiger partial charge on any atom is 0.0159 e. The summed E-state index contributed by atoms with van der Waals surface area (Å²) in [6, 6.07) is 58.9. The average Bonchev–Trinajstić information content (AvgIpc) is 3.34. The Kier molecular flexibility index (Phi) is 5.44. The number of benzene rings is 9. The maximum atomic E-state index is 2.43. The topological polar surface area (TPSA) is 0 Å². The van der Waals surface area contributed by atoms with Gasteiger partial charge in [0.25, 0.3) is 0 Å². The van der Waals surface area contributed by atoms with Crippen LogP contribution in [-0.4, -0.2) is 0 Å². The molecular weight excluding hydrogens is 565 g/mol. The summed E-state index contributed by atoms with van der Waals surface area (Å²) in [6.07, 6.45) is 0. The van der Waals surface area contributed by atoms with Crippen LogP contribution in [0, 0.1) is 0 Å². The van der Waals surface area contributed by atoms with Crippen molar-refractivity contribution in [3.05, 3.63) is 169 Å². The molecular formula is C47H32. The maximum absolute atomic E-state index is 2.43. The van der Waals surface area contributed by atoms with Gasteiger partial charge in [-0.15, -0.1) is 0 Å². The van der Waals surface area contributed by atoms with E-state index in [9.17, 15) is 0 Å². The first kappa shape index (κ1) is 26.5. The molecule has 0 saturated heterocycles. The molecule has 9 aromatic carbocycles. The van der Waals surface area contributed by atoms with Crippen molar-refractivity contribution in [3.63, 3.8) is 0 Å². The van der Waals surface area contributed by atoms with Crippen LogP contribution in [0.15, 0.2) is 158 Å². The Bertz CT molecular complexity index is 2670. The van der Waals surface area contributed by atoms with Gasteiger partial charge in [0.05, 0.1) is 0 Å². The molecule has 0 fully saturated rings. The highest BCUT2D eigenvalue weighted by Gasteiger charge is 2.35. The minimum absolute atomic E-state index is 0.0489. The van der Waals surface area contributed by atoms with Crippen LogP contribution < -0.4 is 0 Å². The molecule has 0 nitrogen and oxygen atoms in total. The summed E-state index contributed by atoms with van der Waals surface area (Å²) in [5, 5.41) is 10.5. The van der Waals surface area contributed by atoms with Crippen LogP contribution in [0.4, 0.5) is 0 Å². The van der Waals surface area contributed by atoms with Gasteiger partial charge >= 0.3 is 0 Å². The van der Waals surface area contributed by atoms with Crippen LogP contribution in [0.25, 0.3) is 87.6 Å². The van der Waals surface area contributed by atoms with Gasteiger partial charge in [-0.3, -0.25) is 0 Å². The molecule has 220 valence electrons. The smallest absolute Gasteiger partial charge is 0.0159 e. The molecule has 0 bridgehead atoms. The van der Waals surface area contributed by atoms with E-state index in [0.29, 0.717) is 0 Å². The summed E-state index contributed by atoms with van der Waals surface area (Å²) in [5.74, 6) is 0. The van der Waals surface area contributed by atoms with E-state index in [1.54, 1.807) is 0 Å². The largest absolute Gasteiger partial charge is 0.0622 e. The standard InChI is InChI=1S/C47H32/c1-47(2)43-28-36(20-23-39(43)42-26-34-10-6-7-11-35(34)27-44(42)47)29-12-14-31(15-13-29)38-22-17-33-18-24-40-37(30-8-4-3-5-9-30)21-16-32-19-25-41(38)46(33)45(32)40/h3-28H,1-2H3. The molecule has 0 unspecified atom stereocenters. The van der Waals surface area contributed by atoms with Gasteiger partial charge in [-0.1, -0.05) is 153 Å². The third-order valence-electron chi connectivity index (χ3n) is 10.8. The summed E-state index contributed by atoms with van der Waals surface area (Å²) in [7, 11) is 0. The molecule has 0 N–H and O–H groups in total. The highest BCUT2D eigenvalue weighted by atomic mass is 14.4. The van der Waals surface area contributed by atoms with E-state index in [2.05, 4.69) is 172 Å². The third-order valence-corrected chi connectivity index (χ3v) is 10.8. The molecule has 0 amide bonds. The van der Waals surface area contributed by atoms with Crippen LogP contribution in [0.1, 0.15) is 25.0 Å². The summed E-state index contributed by atoms with van der Waals surface area (Å²) < 4.78 is 0. The molecule has 10 rings (SSSR count). The lowest BCUT2D eigenvalue weighted by atomic mass is 9.81. The van der Waals surface area contributed by atoms with Crippen molar-refractivity contribution in [2.75, 3.05) is 0 Å². The normalized spacial score (nSPS) is 13.5. The summed E-state index contributed by atoms with van der Waals surface area (Å²) in [4.78, 5) is 0. The van der Waals surface area contributed by atoms with Crippen LogP contribution in [-0.2, 0) is 5.41 Å². The van der Waals surface area contributed by atoms with Gasteiger partial charge in [-0.05, 0) is 117 Å². The van der Waals surface area contributed by atoms with Gasteiger partial charge in [0.2, 0.25) is 0 Å². The molecule has 1 aliphatic carbocycles. The van der Waals surface area contributed by atoms with Crippen LogP contribution in [0.2, 0.25) is 0 Å². The van der Waals surface area contributed by atoms with E-state index in [1.165, 1.54) is 98.7 Å². The zero-order valence-electron chi connectivity index (χ0n) is 26.5. The van der Waals surface area contributed by atoms with E-state index >= 15 is 0 Å². The lowest BCUT2D eigenvalue weighted by Crippen LogP contribution is -2.15. The average molecular weight is 597 g/mol. The predicted molar refractivity (Wildman–Crippen MR) is 202 cm³/mol. The van der Waals surface area contributed by atoms with E-state index in [0.717, 1.165) is 0 Å². The number of hydrogen-bond donors (Lipinski definition) is 0. The Labute approximate surface area is 274 Å². The molecule has 0 saturated carbocycles. The van der Waals surface area contributed by atoms with E-state index < -0.39 is 0 Å². The Morgan fingerprint density at radius 3 is 1.47 bits per heavy atom. The van der Waals surface area contributed by atoms with Crippen molar-refractivity contribution < 1.29 is 0 Å². The zero-order valence-corrected chi connectivity index (χ0v) is 26.5. The molecule has 0 spiro atoms. The summed E-state index contributed by atoms with van der Waals surface area (Å²) in [5.41, 5.74) is 13.1. The minimum Gasteiger partial charge on any atom is -0.0622 e. The second-order valence-corrected chi connectivity index (χ2v) is 13.7. The second-order valence-electron chi connectivity index (χ2n) is 13.7. The molecule has 0 heteroatoms. The molecule has 0 heterocycles. The summed E-state index contributed by atoms with van der Waals surface area (Å²) >= 11 is 0. The van der Waals surface area contributed by atoms with Gasteiger partial charge in [0.15, 0.2) is 0 Å². The predicted octanol–water partition coefficient (Wildman–Crippen LogP) is 13.0. The van der Waals surface area contributed by atoms with Gasteiger partial charge < -0.3 is 0 Å². The Balaban J connectivity index is 1.06. The van der Waals surface area contributed by atoms with Gasteiger partial charge in [-0.25, -0.2) is 0 Å². The Hall–Kier alpha value is -5.72. The SMILES string of the molecule is CC1(C)c2cc(-c3ccc(-c4ccc5ccc6c(-c7ccccc7)ccc7ccc4c5c76)cc3)ccc2-c2cc3ccccc3cc21. The van der Waals surface area contributed by atoms with Crippen molar-refractivity contribution in [1.29, 1.82) is 0 Å². The zero-order chi connectivity index (χ0) is 31.3. The lowest BCUT2D eigenvalue weighted by molar-refractivity contribution is 0.661. The fourth-order valence-electron chi connectivity index (χ4n) is 8.37. The molecule has 1 aliphatic rings. The van der Waals surface area contributed by atoms with Crippen LogP contribution >= 0.6 is 0 Å². The Morgan fingerprint density at radius 2 is 0.809 bits per heavy atom. The van der Waals surface area contributed by atoms with Crippen molar-refractivity contribution in [2.24, 2.45) is 0 Å². The second kappa shape index (κ2) is 9.64. The number of hydrogen-bond acceptors (Lipinski definition) is 0. The number of fused-ring (bicyclic) bond motifs is 4. The first-order valence-electron chi connectivity index (χ1n) is 16.6. The van der Waals surface area contributed by atoms with Gasteiger partial charge in [0, 0.05) is 5.41 Å². The quantitative estimate of drug-likeness (QED) is 0.178. The van der Waals surface area contributed by atoms with Crippen molar-refractivity contribution in [1.82, 2.24) is 0 Å². The number of rotatable bonds is 3. The first-order valence-corrected chi connectivity index (χ1v) is 16.6. The minimum atomic E-state index is -0.0489. The van der Waals surface area contributed by atoms with E-state index in [-0.39, 0.29) is 5.41 Å². The molecule has 0 atom stereocenters. The fourth-order valence-corrected chi connectivity index (χ4v) is 8.37. The van der Waals surface area contributed by atoms with E-state index in [1.807, 2.05) is 0 Å². The molecule has 0 aromatic heterocycles. The van der Waals surface area contributed by atoms with Crippen LogP contribution in [0.3, 0.4) is 0 Å². The molecule has 0 aliphatic heterocycles. The first-order chi connectivity index (χ1) is 23.0. The van der Waals surface area contributed by atoms with Gasteiger partial charge in [0.1, 0.15) is 0 Å². The Morgan fingerprint density at radius 1 is 0.319 bits per heavy atom. The van der Waals surface area contributed by atoms with Crippen LogP contribution in [0.5, 0.6) is 0 Å². The highest BCUT2D eigenvalue weighted by Crippen LogP contribution is 2.51. The van der Waals surface area contributed by atoms with E-state index in [4.69, 9.17) is 0 Å². The monoisotopic (exact) mass is 596 g/mol. The van der Waals surface area contributed by atoms with Crippen molar-refractivity contribution in [2.45, 2.75) is 19.3 Å². The van der Waals surface area contributed by atoms with Crippen molar-refractivity contribution in [3.8, 4) is 44.5 Å².